The lowest BCUT2D eigenvalue weighted by Crippen LogP contribution is -2.02. The van der Waals surface area contributed by atoms with E-state index in [1.165, 1.54) is 11.1 Å². The topological polar surface area (TPSA) is 47.0 Å². The monoisotopic (exact) mass is 243 g/mol. The number of anilines is 1. The summed E-state index contributed by atoms with van der Waals surface area (Å²) in [6.07, 6.45) is 5.46. The van der Waals surface area contributed by atoms with E-state index >= 15 is 0 Å². The number of nitrogens with zero attached hydrogens (tertiary/aromatic N) is 2. The zero-order valence-electron chi connectivity index (χ0n) is 10.7. The summed E-state index contributed by atoms with van der Waals surface area (Å²) in [5.41, 5.74) is 3.39. The van der Waals surface area contributed by atoms with Crippen LogP contribution in [-0.4, -0.2) is 16.6 Å². The maximum atomic E-state index is 5.29. The Labute approximate surface area is 107 Å². The van der Waals surface area contributed by atoms with Crippen LogP contribution >= 0.6 is 0 Å². The third kappa shape index (κ3) is 3.20. The molecule has 0 spiro atoms. The van der Waals surface area contributed by atoms with Crippen molar-refractivity contribution in [2.75, 3.05) is 11.9 Å². The molecule has 18 heavy (non-hydrogen) atoms. The summed E-state index contributed by atoms with van der Waals surface area (Å²) in [5.74, 6) is 0.653. The highest BCUT2D eigenvalue weighted by molar-refractivity contribution is 5.43. The highest BCUT2D eigenvalue weighted by Crippen LogP contribution is 2.13. The van der Waals surface area contributed by atoms with Crippen molar-refractivity contribution in [3.8, 4) is 5.88 Å². The first-order valence-electron chi connectivity index (χ1n) is 6.02. The van der Waals surface area contributed by atoms with E-state index in [1.54, 1.807) is 12.4 Å². The Kier molecular flexibility index (Phi) is 4.12. The minimum absolute atomic E-state index is 0.634. The van der Waals surface area contributed by atoms with Crippen molar-refractivity contribution in [3.63, 3.8) is 0 Å². The highest BCUT2D eigenvalue weighted by Gasteiger charge is 1.99. The fourth-order valence-electron chi connectivity index (χ4n) is 1.60. The molecule has 0 saturated carbocycles. The number of aromatic nitrogens is 2. The molecule has 0 aliphatic carbocycles. The van der Waals surface area contributed by atoms with E-state index in [1.807, 2.05) is 31.3 Å². The predicted octanol–water partition coefficient (Wildman–Crippen LogP) is 2.80. The Morgan fingerprint density at radius 3 is 2.78 bits per heavy atom. The second-order valence-corrected chi connectivity index (χ2v) is 3.97. The third-order valence-corrected chi connectivity index (χ3v) is 2.66. The van der Waals surface area contributed by atoms with Crippen LogP contribution in [0.4, 0.5) is 5.69 Å². The standard InChI is InChI=1S/C14H17N3O/c1-3-18-14-5-4-13(10-17-14)16-9-12-8-15-7-6-11(12)2/h4-8,10,16H,3,9H2,1-2H3. The van der Waals surface area contributed by atoms with Crippen LogP contribution in [0.15, 0.2) is 36.8 Å². The van der Waals surface area contributed by atoms with Gasteiger partial charge >= 0.3 is 0 Å². The molecule has 0 aliphatic rings. The predicted molar refractivity (Wildman–Crippen MR) is 71.7 cm³/mol. The van der Waals surface area contributed by atoms with Crippen LogP contribution in [0.25, 0.3) is 0 Å². The van der Waals surface area contributed by atoms with E-state index in [4.69, 9.17) is 4.74 Å². The molecular formula is C14H17N3O. The average Bonchev–Trinajstić information content (AvgIpc) is 2.40. The smallest absolute Gasteiger partial charge is 0.213 e. The van der Waals surface area contributed by atoms with Crippen LogP contribution in [-0.2, 0) is 6.54 Å². The second-order valence-electron chi connectivity index (χ2n) is 3.97. The molecular weight excluding hydrogens is 226 g/mol. The van der Waals surface area contributed by atoms with Gasteiger partial charge in [-0.15, -0.1) is 0 Å². The van der Waals surface area contributed by atoms with Crippen molar-refractivity contribution < 1.29 is 4.74 Å². The SMILES string of the molecule is CCOc1ccc(NCc2cnccc2C)cn1. The summed E-state index contributed by atoms with van der Waals surface area (Å²) < 4.78 is 5.29. The van der Waals surface area contributed by atoms with E-state index in [-0.39, 0.29) is 0 Å². The van der Waals surface area contributed by atoms with Crippen LogP contribution in [0.5, 0.6) is 5.88 Å². The van der Waals surface area contributed by atoms with Gasteiger partial charge in [0.1, 0.15) is 0 Å². The third-order valence-electron chi connectivity index (χ3n) is 2.66. The first-order valence-corrected chi connectivity index (χ1v) is 6.02. The number of pyridine rings is 2. The van der Waals surface area contributed by atoms with Crippen LogP contribution in [0.2, 0.25) is 0 Å². The van der Waals surface area contributed by atoms with Crippen molar-refractivity contribution in [1.82, 2.24) is 9.97 Å². The molecule has 1 N–H and O–H groups in total. The molecule has 2 heterocycles. The Morgan fingerprint density at radius 1 is 1.22 bits per heavy atom. The van der Waals surface area contributed by atoms with E-state index in [0.717, 1.165) is 12.2 Å². The van der Waals surface area contributed by atoms with Gasteiger partial charge in [-0.1, -0.05) is 0 Å². The molecule has 0 amide bonds. The lowest BCUT2D eigenvalue weighted by molar-refractivity contribution is 0.327. The Balaban J connectivity index is 1.96. The maximum Gasteiger partial charge on any atom is 0.213 e. The molecule has 2 aromatic heterocycles. The molecule has 2 aromatic rings. The molecule has 0 fully saturated rings. The van der Waals surface area contributed by atoms with Crippen LogP contribution < -0.4 is 10.1 Å². The fraction of sp³-hybridized carbons (Fsp3) is 0.286. The molecule has 4 nitrogen and oxygen atoms in total. The van der Waals surface area contributed by atoms with Gasteiger partial charge in [0.15, 0.2) is 0 Å². The van der Waals surface area contributed by atoms with Gasteiger partial charge in [0, 0.05) is 25.0 Å². The van der Waals surface area contributed by atoms with E-state index in [2.05, 4.69) is 22.2 Å². The van der Waals surface area contributed by atoms with Gasteiger partial charge < -0.3 is 10.1 Å². The van der Waals surface area contributed by atoms with E-state index < -0.39 is 0 Å². The highest BCUT2D eigenvalue weighted by atomic mass is 16.5. The van der Waals surface area contributed by atoms with Gasteiger partial charge in [-0.2, -0.15) is 0 Å². The lowest BCUT2D eigenvalue weighted by atomic mass is 10.1. The minimum atomic E-state index is 0.634. The van der Waals surface area contributed by atoms with Crippen molar-refractivity contribution in [2.24, 2.45) is 0 Å². The van der Waals surface area contributed by atoms with Crippen molar-refractivity contribution in [2.45, 2.75) is 20.4 Å². The molecule has 94 valence electrons. The molecule has 4 heteroatoms. The number of ether oxygens (including phenoxy) is 1. The van der Waals surface area contributed by atoms with Gasteiger partial charge in [0.25, 0.3) is 0 Å². The van der Waals surface area contributed by atoms with Crippen LogP contribution in [0.3, 0.4) is 0 Å². The molecule has 0 bridgehead atoms. The van der Waals surface area contributed by atoms with Crippen molar-refractivity contribution >= 4 is 5.69 Å². The largest absolute Gasteiger partial charge is 0.478 e. The number of rotatable bonds is 5. The minimum Gasteiger partial charge on any atom is -0.478 e. The van der Waals surface area contributed by atoms with Crippen molar-refractivity contribution in [3.05, 3.63) is 47.9 Å². The van der Waals surface area contributed by atoms with Crippen LogP contribution in [0.1, 0.15) is 18.1 Å². The van der Waals surface area contributed by atoms with Crippen LogP contribution in [0, 0.1) is 6.92 Å². The number of nitrogens with one attached hydrogen (secondary N) is 1. The molecule has 0 aromatic carbocycles. The summed E-state index contributed by atoms with van der Waals surface area (Å²) in [4.78, 5) is 8.32. The normalized spacial score (nSPS) is 10.1. The fourth-order valence-corrected chi connectivity index (χ4v) is 1.60. The number of hydrogen-bond acceptors (Lipinski definition) is 4. The summed E-state index contributed by atoms with van der Waals surface area (Å²) in [6, 6.07) is 5.83. The zero-order chi connectivity index (χ0) is 12.8. The van der Waals surface area contributed by atoms with Gasteiger partial charge in [0.05, 0.1) is 18.5 Å². The lowest BCUT2D eigenvalue weighted by Gasteiger charge is -2.08. The van der Waals surface area contributed by atoms with Crippen molar-refractivity contribution in [1.29, 1.82) is 0 Å². The Bertz CT molecular complexity index is 497. The van der Waals surface area contributed by atoms with Gasteiger partial charge in [-0.05, 0) is 37.1 Å². The molecule has 0 radical (unpaired) electrons. The first kappa shape index (κ1) is 12.4. The van der Waals surface area contributed by atoms with Gasteiger partial charge in [0.2, 0.25) is 5.88 Å². The quantitative estimate of drug-likeness (QED) is 0.877. The number of aryl methyl sites for hydroxylation is 1. The average molecular weight is 243 g/mol. The first-order chi connectivity index (χ1) is 8.79. The molecule has 0 aliphatic heterocycles. The number of hydrogen-bond donors (Lipinski definition) is 1. The Hall–Kier alpha value is -2.10. The van der Waals surface area contributed by atoms with Gasteiger partial charge in [-0.25, -0.2) is 4.98 Å². The van der Waals surface area contributed by atoms with E-state index in [9.17, 15) is 0 Å². The van der Waals surface area contributed by atoms with Gasteiger partial charge in [-0.3, -0.25) is 4.98 Å². The summed E-state index contributed by atoms with van der Waals surface area (Å²) in [6.45, 7) is 5.40. The van der Waals surface area contributed by atoms with E-state index in [0.29, 0.717) is 12.5 Å². The summed E-state index contributed by atoms with van der Waals surface area (Å²) in [5, 5.41) is 3.31. The molecule has 2 rings (SSSR count). The maximum absolute atomic E-state index is 5.29. The second kappa shape index (κ2) is 6.00. The molecule has 0 saturated heterocycles. The molecule has 0 unspecified atom stereocenters. The summed E-state index contributed by atoms with van der Waals surface area (Å²) >= 11 is 0. The molecule has 0 atom stereocenters. The summed E-state index contributed by atoms with van der Waals surface area (Å²) in [7, 11) is 0. The zero-order valence-corrected chi connectivity index (χ0v) is 10.7. The Morgan fingerprint density at radius 2 is 2.11 bits per heavy atom.